The highest BCUT2D eigenvalue weighted by molar-refractivity contribution is 6.31. The molecule has 1 amide bonds. The van der Waals surface area contributed by atoms with E-state index in [0.29, 0.717) is 5.02 Å². The van der Waals surface area contributed by atoms with Gasteiger partial charge in [0.25, 0.3) is 5.91 Å². The zero-order valence-corrected chi connectivity index (χ0v) is 13.7. The molecule has 5 heteroatoms. The summed E-state index contributed by atoms with van der Waals surface area (Å²) in [5, 5.41) is 14.6. The van der Waals surface area contributed by atoms with Crippen LogP contribution in [0.2, 0.25) is 5.02 Å². The number of hydrogen-bond donors (Lipinski definition) is 2. The molecule has 0 unspecified atom stereocenters. The number of nitrogens with one attached hydrogen (secondary N) is 1. The second kappa shape index (κ2) is 7.44. The van der Waals surface area contributed by atoms with Crippen LogP contribution in [-0.2, 0) is 4.79 Å². The molecule has 4 nitrogen and oxygen atoms in total. The van der Waals surface area contributed by atoms with Crippen molar-refractivity contribution in [1.29, 1.82) is 5.26 Å². The average molecular weight is 309 g/mol. The first-order valence-electron chi connectivity index (χ1n) is 7.10. The van der Waals surface area contributed by atoms with E-state index in [1.165, 1.54) is 0 Å². The minimum Gasteiger partial charge on any atom is -0.333 e. The third-order valence-electron chi connectivity index (χ3n) is 3.84. The van der Waals surface area contributed by atoms with E-state index in [4.69, 9.17) is 11.6 Å². The van der Waals surface area contributed by atoms with Crippen LogP contribution in [0.5, 0.6) is 0 Å². The summed E-state index contributed by atoms with van der Waals surface area (Å²) >= 11 is 6.14. The Bertz CT molecular complexity index is 539. The second-order valence-electron chi connectivity index (χ2n) is 5.77. The Kier molecular flexibility index (Phi) is 6.19. The number of carbonyl (C=O) groups excluding carboxylic acids is 1. The summed E-state index contributed by atoms with van der Waals surface area (Å²) < 4.78 is 0. The molecule has 1 rings (SSSR count). The smallest absolute Gasteiger partial charge is 0.276 e. The van der Waals surface area contributed by atoms with Crippen LogP contribution in [0.25, 0.3) is 0 Å². The molecule has 0 bridgehead atoms. The van der Waals surface area contributed by atoms with Crippen LogP contribution < -0.4 is 10.6 Å². The van der Waals surface area contributed by atoms with Crippen molar-refractivity contribution in [1.82, 2.24) is 5.32 Å². The summed E-state index contributed by atoms with van der Waals surface area (Å²) in [7, 11) is 0. The first kappa shape index (κ1) is 17.5. The minimum absolute atomic E-state index is 0.0486. The van der Waals surface area contributed by atoms with E-state index in [0.717, 1.165) is 5.56 Å². The number of nitrogens with zero attached hydrogens (tertiary/aromatic N) is 1. The number of nitrogens with two attached hydrogens (primary N) is 1. The number of amides is 1. The van der Waals surface area contributed by atoms with Crippen LogP contribution in [0, 0.1) is 17.2 Å². The molecular formula is C16H23ClN3O+. The lowest BCUT2D eigenvalue weighted by molar-refractivity contribution is -0.682. The maximum atomic E-state index is 12.0. The van der Waals surface area contributed by atoms with Crippen molar-refractivity contribution in [2.45, 2.75) is 39.3 Å². The summed E-state index contributed by atoms with van der Waals surface area (Å²) in [5.74, 6) is -0.0981. The molecule has 0 saturated heterocycles. The van der Waals surface area contributed by atoms with Crippen LogP contribution in [0.4, 0.5) is 0 Å². The van der Waals surface area contributed by atoms with Crippen molar-refractivity contribution in [3.05, 3.63) is 34.9 Å². The molecular weight excluding hydrogens is 286 g/mol. The Hall–Kier alpha value is -1.57. The van der Waals surface area contributed by atoms with Gasteiger partial charge in [-0.25, -0.2) is 0 Å². The topological polar surface area (TPSA) is 69.5 Å². The lowest BCUT2D eigenvalue weighted by Gasteiger charge is -2.27. The number of benzene rings is 1. The highest BCUT2D eigenvalue weighted by atomic mass is 35.5. The van der Waals surface area contributed by atoms with Gasteiger partial charge in [-0.2, -0.15) is 5.26 Å². The number of carbonyl (C=O) groups is 1. The molecule has 1 aromatic rings. The number of nitriles is 1. The third kappa shape index (κ3) is 4.73. The second-order valence-corrected chi connectivity index (χ2v) is 6.17. The number of rotatable bonds is 6. The van der Waals surface area contributed by atoms with Gasteiger partial charge in [-0.3, -0.25) is 4.79 Å². The van der Waals surface area contributed by atoms with Crippen molar-refractivity contribution in [3.63, 3.8) is 0 Å². The van der Waals surface area contributed by atoms with Crippen molar-refractivity contribution in [2.24, 2.45) is 5.92 Å². The van der Waals surface area contributed by atoms with Gasteiger partial charge < -0.3 is 10.6 Å². The van der Waals surface area contributed by atoms with Gasteiger partial charge in [0.2, 0.25) is 0 Å². The monoisotopic (exact) mass is 308 g/mol. The molecule has 0 aliphatic heterocycles. The Morgan fingerprint density at radius 3 is 2.57 bits per heavy atom. The van der Waals surface area contributed by atoms with E-state index >= 15 is 0 Å². The SMILES string of the molecule is CC(C)[C@@](C)(C#N)NC(=O)C[NH2+][C@@H](C)c1ccccc1Cl. The summed E-state index contributed by atoms with van der Waals surface area (Å²) in [6.45, 7) is 7.84. The molecule has 0 spiro atoms. The Morgan fingerprint density at radius 2 is 2.05 bits per heavy atom. The summed E-state index contributed by atoms with van der Waals surface area (Å²) in [6, 6.07) is 9.85. The van der Waals surface area contributed by atoms with Gasteiger partial charge in [0, 0.05) is 10.6 Å². The summed E-state index contributed by atoms with van der Waals surface area (Å²) in [4.78, 5) is 12.0. The zero-order chi connectivity index (χ0) is 16.0. The predicted octanol–water partition coefficient (Wildman–Crippen LogP) is 2.02. The third-order valence-corrected chi connectivity index (χ3v) is 4.18. The van der Waals surface area contributed by atoms with Crippen molar-refractivity contribution in [3.8, 4) is 6.07 Å². The lowest BCUT2D eigenvalue weighted by atomic mass is 9.90. The quantitative estimate of drug-likeness (QED) is 0.844. The fourth-order valence-electron chi connectivity index (χ4n) is 1.90. The molecule has 114 valence electrons. The van der Waals surface area contributed by atoms with Crippen LogP contribution in [0.1, 0.15) is 39.3 Å². The van der Waals surface area contributed by atoms with Gasteiger partial charge in [-0.05, 0) is 25.8 Å². The van der Waals surface area contributed by atoms with E-state index in [2.05, 4.69) is 11.4 Å². The Morgan fingerprint density at radius 1 is 1.43 bits per heavy atom. The van der Waals surface area contributed by atoms with E-state index in [1.54, 1.807) is 6.92 Å². The maximum Gasteiger partial charge on any atom is 0.276 e. The average Bonchev–Trinajstić information content (AvgIpc) is 2.44. The fourth-order valence-corrected chi connectivity index (χ4v) is 2.21. The van der Waals surface area contributed by atoms with Crippen molar-refractivity contribution < 1.29 is 10.1 Å². The zero-order valence-electron chi connectivity index (χ0n) is 13.0. The van der Waals surface area contributed by atoms with Gasteiger partial charge in [-0.15, -0.1) is 0 Å². The minimum atomic E-state index is -0.835. The molecule has 0 radical (unpaired) electrons. The molecule has 0 saturated carbocycles. The molecule has 0 aromatic heterocycles. The Labute approximate surface area is 131 Å². The number of halogens is 1. The van der Waals surface area contributed by atoms with E-state index in [-0.39, 0.29) is 24.4 Å². The van der Waals surface area contributed by atoms with Gasteiger partial charge >= 0.3 is 0 Å². The first-order chi connectivity index (χ1) is 9.80. The highest BCUT2D eigenvalue weighted by Crippen LogP contribution is 2.19. The van der Waals surface area contributed by atoms with Crippen molar-refractivity contribution >= 4 is 17.5 Å². The van der Waals surface area contributed by atoms with Gasteiger partial charge in [0.15, 0.2) is 6.54 Å². The molecule has 2 atom stereocenters. The van der Waals surface area contributed by atoms with Crippen LogP contribution >= 0.6 is 11.6 Å². The van der Waals surface area contributed by atoms with Crippen LogP contribution in [0.15, 0.2) is 24.3 Å². The van der Waals surface area contributed by atoms with E-state index < -0.39 is 5.54 Å². The van der Waals surface area contributed by atoms with Gasteiger partial charge in [0.1, 0.15) is 11.6 Å². The van der Waals surface area contributed by atoms with Crippen LogP contribution in [0.3, 0.4) is 0 Å². The number of hydrogen-bond acceptors (Lipinski definition) is 2. The molecule has 21 heavy (non-hydrogen) atoms. The maximum absolute atomic E-state index is 12.0. The molecule has 0 aliphatic carbocycles. The van der Waals surface area contributed by atoms with Crippen molar-refractivity contribution in [2.75, 3.05) is 6.54 Å². The highest BCUT2D eigenvalue weighted by Gasteiger charge is 2.30. The molecule has 0 fully saturated rings. The standard InChI is InChI=1S/C16H22ClN3O/c1-11(2)16(4,10-18)20-15(21)9-19-12(3)13-7-5-6-8-14(13)17/h5-8,11-12,19H,9H2,1-4H3,(H,20,21)/p+1/t12-,16+/m0/s1. The molecule has 0 heterocycles. The lowest BCUT2D eigenvalue weighted by Crippen LogP contribution is -2.87. The number of quaternary nitrogens is 1. The largest absolute Gasteiger partial charge is 0.333 e. The van der Waals surface area contributed by atoms with Crippen LogP contribution in [-0.4, -0.2) is 18.0 Å². The van der Waals surface area contributed by atoms with E-state index in [1.807, 2.05) is 50.4 Å². The summed E-state index contributed by atoms with van der Waals surface area (Å²) in [6.07, 6.45) is 0. The molecule has 1 aromatic carbocycles. The molecule has 0 aliphatic rings. The summed E-state index contributed by atoms with van der Waals surface area (Å²) in [5.41, 5.74) is 0.164. The molecule has 3 N–H and O–H groups in total. The van der Waals surface area contributed by atoms with Gasteiger partial charge in [0.05, 0.1) is 6.07 Å². The van der Waals surface area contributed by atoms with Gasteiger partial charge in [-0.1, -0.05) is 43.6 Å². The Balaban J connectivity index is 2.58. The first-order valence-corrected chi connectivity index (χ1v) is 7.48. The fraction of sp³-hybridized carbons (Fsp3) is 0.500. The predicted molar refractivity (Wildman–Crippen MR) is 83.7 cm³/mol. The normalized spacial score (nSPS) is 15.1. The van der Waals surface area contributed by atoms with E-state index in [9.17, 15) is 10.1 Å².